The molecule has 1 saturated carbocycles. The fourth-order valence-electron chi connectivity index (χ4n) is 2.61. The summed E-state index contributed by atoms with van der Waals surface area (Å²) in [5, 5.41) is 13.1. The third-order valence-electron chi connectivity index (χ3n) is 3.77. The highest BCUT2D eigenvalue weighted by atomic mass is 16.5. The fraction of sp³-hybridized carbons (Fsp3) is 0.600. The highest BCUT2D eigenvalue weighted by Crippen LogP contribution is 2.35. The second-order valence-electron chi connectivity index (χ2n) is 5.17. The molecule has 0 aliphatic heterocycles. The summed E-state index contributed by atoms with van der Waals surface area (Å²) in [6, 6.07) is 4.31. The number of anilines is 1. The molecule has 2 rings (SSSR count). The highest BCUT2D eigenvalue weighted by Gasteiger charge is 2.21. The van der Waals surface area contributed by atoms with Crippen LogP contribution >= 0.6 is 0 Å². The maximum atomic E-state index is 9.55. The molecule has 0 aromatic heterocycles. The van der Waals surface area contributed by atoms with E-state index in [0.29, 0.717) is 6.04 Å². The Morgan fingerprint density at radius 2 is 1.79 bits per heavy atom. The predicted molar refractivity (Wildman–Crippen MR) is 76.2 cm³/mol. The van der Waals surface area contributed by atoms with Crippen molar-refractivity contribution in [3.05, 3.63) is 17.7 Å². The van der Waals surface area contributed by atoms with Crippen molar-refractivity contribution in [1.82, 2.24) is 0 Å². The molecule has 0 atom stereocenters. The lowest BCUT2D eigenvalue weighted by molar-refractivity contribution is 0.126. The molecule has 1 aliphatic rings. The number of benzene rings is 1. The van der Waals surface area contributed by atoms with Gasteiger partial charge in [0.2, 0.25) is 0 Å². The van der Waals surface area contributed by atoms with Gasteiger partial charge in [-0.05, 0) is 44.2 Å². The van der Waals surface area contributed by atoms with E-state index in [0.717, 1.165) is 48.4 Å². The number of methoxy groups -OCH3 is 2. The van der Waals surface area contributed by atoms with Crippen LogP contribution in [0.1, 0.15) is 31.2 Å². The van der Waals surface area contributed by atoms with Gasteiger partial charge in [-0.1, -0.05) is 0 Å². The van der Waals surface area contributed by atoms with Gasteiger partial charge in [-0.25, -0.2) is 0 Å². The molecule has 0 radical (unpaired) electrons. The van der Waals surface area contributed by atoms with E-state index in [9.17, 15) is 5.11 Å². The average Bonchev–Trinajstić information content (AvgIpc) is 2.43. The van der Waals surface area contributed by atoms with Crippen molar-refractivity contribution in [2.75, 3.05) is 19.5 Å². The lowest BCUT2D eigenvalue weighted by Crippen LogP contribution is -2.28. The van der Waals surface area contributed by atoms with Crippen LogP contribution in [-0.2, 0) is 0 Å². The second kappa shape index (κ2) is 6.15. The number of aryl methyl sites for hydroxylation is 1. The van der Waals surface area contributed by atoms with Crippen molar-refractivity contribution in [3.63, 3.8) is 0 Å². The number of aliphatic hydroxyl groups is 1. The largest absolute Gasteiger partial charge is 0.497 e. The Balaban J connectivity index is 2.15. The van der Waals surface area contributed by atoms with Gasteiger partial charge in [0.25, 0.3) is 0 Å². The van der Waals surface area contributed by atoms with Crippen LogP contribution in [0.25, 0.3) is 0 Å². The summed E-state index contributed by atoms with van der Waals surface area (Å²) < 4.78 is 10.7. The standard InChI is InChI=1S/C15H23NO3/c1-10-8-13(18-2)9-14(19-3)15(10)16-11-4-6-12(17)7-5-11/h8-9,11-12,16-17H,4-7H2,1-3H3. The molecule has 0 bridgehead atoms. The first kappa shape index (κ1) is 14.0. The number of nitrogens with one attached hydrogen (secondary N) is 1. The van der Waals surface area contributed by atoms with Crippen molar-refractivity contribution in [1.29, 1.82) is 0 Å². The minimum absolute atomic E-state index is 0.128. The van der Waals surface area contributed by atoms with Gasteiger partial charge >= 0.3 is 0 Å². The Hall–Kier alpha value is -1.42. The molecule has 4 nitrogen and oxygen atoms in total. The van der Waals surface area contributed by atoms with E-state index in [2.05, 4.69) is 5.32 Å². The van der Waals surface area contributed by atoms with Crippen LogP contribution in [0.3, 0.4) is 0 Å². The highest BCUT2D eigenvalue weighted by molar-refractivity contribution is 5.65. The third-order valence-corrected chi connectivity index (χ3v) is 3.77. The van der Waals surface area contributed by atoms with Crippen LogP contribution in [0.5, 0.6) is 11.5 Å². The van der Waals surface area contributed by atoms with Gasteiger partial charge in [0.15, 0.2) is 0 Å². The summed E-state index contributed by atoms with van der Waals surface area (Å²) >= 11 is 0. The summed E-state index contributed by atoms with van der Waals surface area (Å²) in [6.07, 6.45) is 3.60. The number of rotatable bonds is 4. The average molecular weight is 265 g/mol. The summed E-state index contributed by atoms with van der Waals surface area (Å²) in [7, 11) is 3.33. The zero-order valence-corrected chi connectivity index (χ0v) is 11.9. The first-order valence-corrected chi connectivity index (χ1v) is 6.81. The van der Waals surface area contributed by atoms with E-state index in [1.165, 1.54) is 0 Å². The van der Waals surface area contributed by atoms with Gasteiger partial charge in [-0.2, -0.15) is 0 Å². The van der Waals surface area contributed by atoms with E-state index >= 15 is 0 Å². The Bertz CT molecular complexity index is 426. The molecule has 4 heteroatoms. The van der Waals surface area contributed by atoms with Crippen molar-refractivity contribution in [3.8, 4) is 11.5 Å². The van der Waals surface area contributed by atoms with Gasteiger partial charge < -0.3 is 19.9 Å². The number of hydrogen-bond acceptors (Lipinski definition) is 4. The van der Waals surface area contributed by atoms with Crippen molar-refractivity contribution >= 4 is 5.69 Å². The summed E-state index contributed by atoms with van der Waals surface area (Å²) in [5.41, 5.74) is 2.15. The van der Waals surface area contributed by atoms with Crippen LogP contribution in [0.2, 0.25) is 0 Å². The molecule has 2 N–H and O–H groups in total. The molecule has 19 heavy (non-hydrogen) atoms. The van der Waals surface area contributed by atoms with Crippen LogP contribution in [-0.4, -0.2) is 31.5 Å². The third kappa shape index (κ3) is 3.32. The topological polar surface area (TPSA) is 50.7 Å². The SMILES string of the molecule is COc1cc(C)c(NC2CCC(O)CC2)c(OC)c1. The number of aliphatic hydroxyl groups excluding tert-OH is 1. The molecular weight excluding hydrogens is 242 g/mol. The van der Waals surface area contributed by atoms with Gasteiger partial charge in [-0.15, -0.1) is 0 Å². The maximum Gasteiger partial charge on any atom is 0.145 e. The number of ether oxygens (including phenoxy) is 2. The fourth-order valence-corrected chi connectivity index (χ4v) is 2.61. The van der Waals surface area contributed by atoms with Gasteiger partial charge in [0.05, 0.1) is 26.0 Å². The zero-order chi connectivity index (χ0) is 13.8. The number of hydrogen-bond donors (Lipinski definition) is 2. The van der Waals surface area contributed by atoms with Crippen molar-refractivity contribution < 1.29 is 14.6 Å². The van der Waals surface area contributed by atoms with Gasteiger partial charge in [0.1, 0.15) is 11.5 Å². The van der Waals surface area contributed by atoms with Crippen molar-refractivity contribution in [2.45, 2.75) is 44.8 Å². The van der Waals surface area contributed by atoms with E-state index in [1.54, 1.807) is 14.2 Å². The predicted octanol–water partition coefficient (Wildman–Crippen LogP) is 2.73. The molecule has 1 aliphatic carbocycles. The first-order chi connectivity index (χ1) is 9.13. The molecule has 1 aromatic rings. The minimum Gasteiger partial charge on any atom is -0.497 e. The summed E-state index contributed by atoms with van der Waals surface area (Å²) in [6.45, 7) is 2.05. The minimum atomic E-state index is -0.128. The van der Waals surface area contributed by atoms with Crippen LogP contribution in [0.15, 0.2) is 12.1 Å². The van der Waals surface area contributed by atoms with Crippen LogP contribution in [0.4, 0.5) is 5.69 Å². The summed E-state index contributed by atoms with van der Waals surface area (Å²) in [4.78, 5) is 0. The van der Waals surface area contributed by atoms with Gasteiger partial charge in [0, 0.05) is 12.1 Å². The first-order valence-electron chi connectivity index (χ1n) is 6.81. The maximum absolute atomic E-state index is 9.55. The molecule has 0 saturated heterocycles. The normalized spacial score (nSPS) is 22.9. The van der Waals surface area contributed by atoms with Crippen LogP contribution in [0, 0.1) is 6.92 Å². The summed E-state index contributed by atoms with van der Waals surface area (Å²) in [5.74, 6) is 1.61. The molecule has 1 aromatic carbocycles. The Labute approximate surface area is 114 Å². The quantitative estimate of drug-likeness (QED) is 0.879. The lowest BCUT2D eigenvalue weighted by Gasteiger charge is -2.28. The molecule has 0 amide bonds. The van der Waals surface area contributed by atoms with Crippen LogP contribution < -0.4 is 14.8 Å². The van der Waals surface area contributed by atoms with E-state index in [-0.39, 0.29) is 6.10 Å². The van der Waals surface area contributed by atoms with E-state index in [4.69, 9.17) is 9.47 Å². The van der Waals surface area contributed by atoms with E-state index < -0.39 is 0 Å². The smallest absolute Gasteiger partial charge is 0.145 e. The zero-order valence-electron chi connectivity index (χ0n) is 11.9. The Morgan fingerprint density at radius 1 is 1.11 bits per heavy atom. The second-order valence-corrected chi connectivity index (χ2v) is 5.17. The lowest BCUT2D eigenvalue weighted by atomic mass is 9.92. The van der Waals surface area contributed by atoms with Crippen molar-refractivity contribution in [2.24, 2.45) is 0 Å². The Morgan fingerprint density at radius 3 is 2.37 bits per heavy atom. The monoisotopic (exact) mass is 265 g/mol. The molecule has 106 valence electrons. The van der Waals surface area contributed by atoms with E-state index in [1.807, 2.05) is 19.1 Å². The molecule has 0 spiro atoms. The molecule has 0 unspecified atom stereocenters. The van der Waals surface area contributed by atoms with Gasteiger partial charge in [-0.3, -0.25) is 0 Å². The Kier molecular flexibility index (Phi) is 4.53. The molecular formula is C15H23NO3. The molecule has 0 heterocycles. The molecule has 1 fully saturated rings.